The first-order valence-corrected chi connectivity index (χ1v) is 12.1. The largest absolute Gasteiger partial charge is 0.493 e. The number of unbranched alkanes of at least 4 members (excludes halogenated alkanes) is 2. The van der Waals surface area contributed by atoms with Crippen molar-refractivity contribution in [1.82, 2.24) is 4.90 Å². The van der Waals surface area contributed by atoms with Gasteiger partial charge in [-0.3, -0.25) is 4.90 Å². The van der Waals surface area contributed by atoms with Gasteiger partial charge in [0.1, 0.15) is 0 Å². The summed E-state index contributed by atoms with van der Waals surface area (Å²) in [5, 5.41) is 0. The molecule has 0 bridgehead atoms. The summed E-state index contributed by atoms with van der Waals surface area (Å²) in [6.45, 7) is 7.80. The lowest BCUT2D eigenvalue weighted by Gasteiger charge is -2.42. The van der Waals surface area contributed by atoms with Crippen molar-refractivity contribution in [1.29, 1.82) is 0 Å². The van der Waals surface area contributed by atoms with E-state index in [1.807, 2.05) is 0 Å². The third-order valence-electron chi connectivity index (χ3n) is 6.68. The zero-order valence-corrected chi connectivity index (χ0v) is 20.0. The summed E-state index contributed by atoms with van der Waals surface area (Å²) in [7, 11) is 3.46. The summed E-state index contributed by atoms with van der Waals surface area (Å²) < 4.78 is 23.5. The number of methoxy groups -OCH3 is 2. The first-order chi connectivity index (χ1) is 15.7. The van der Waals surface area contributed by atoms with Gasteiger partial charge in [-0.2, -0.15) is 0 Å². The second kappa shape index (κ2) is 10.5. The quantitative estimate of drug-likeness (QED) is 0.443. The molecule has 5 heteroatoms. The Hall–Kier alpha value is -2.40. The van der Waals surface area contributed by atoms with Crippen LogP contribution in [0.4, 0.5) is 0 Å². The summed E-state index contributed by atoms with van der Waals surface area (Å²) in [6.07, 6.45) is 6.34. The van der Waals surface area contributed by atoms with Crippen molar-refractivity contribution in [2.75, 3.05) is 34.0 Å². The van der Waals surface area contributed by atoms with Gasteiger partial charge in [0.15, 0.2) is 23.0 Å². The molecule has 2 aromatic rings. The molecule has 0 amide bonds. The van der Waals surface area contributed by atoms with E-state index in [4.69, 9.17) is 18.9 Å². The van der Waals surface area contributed by atoms with Crippen LogP contribution in [0.25, 0.3) is 0 Å². The molecular formula is C27H37NO4. The van der Waals surface area contributed by atoms with Crippen LogP contribution in [-0.2, 0) is 19.4 Å². The average Bonchev–Trinajstić information content (AvgIpc) is 2.82. The van der Waals surface area contributed by atoms with E-state index >= 15 is 0 Å². The zero-order valence-electron chi connectivity index (χ0n) is 20.0. The molecule has 2 aliphatic heterocycles. The van der Waals surface area contributed by atoms with E-state index in [9.17, 15) is 0 Å². The number of ether oxygens (including phenoxy) is 4. The maximum absolute atomic E-state index is 6.10. The fraction of sp³-hybridized carbons (Fsp3) is 0.556. The van der Waals surface area contributed by atoms with Crippen molar-refractivity contribution in [3.05, 3.63) is 46.5 Å². The number of benzene rings is 2. The van der Waals surface area contributed by atoms with Crippen LogP contribution in [0.5, 0.6) is 23.0 Å². The first kappa shape index (κ1) is 22.8. The summed E-state index contributed by atoms with van der Waals surface area (Å²) in [5.74, 6) is 3.42. The van der Waals surface area contributed by atoms with Gasteiger partial charge >= 0.3 is 0 Å². The average molecular weight is 440 g/mol. The van der Waals surface area contributed by atoms with Crippen molar-refractivity contribution in [2.45, 2.75) is 65.0 Å². The molecule has 174 valence electrons. The SMILES string of the molecule is CCCCOc1cc2c(cc1OC)C[C@@H]1c3cc(OCCCC)c(OC)cc3CCN1C2. The van der Waals surface area contributed by atoms with Gasteiger partial charge < -0.3 is 18.9 Å². The van der Waals surface area contributed by atoms with Gasteiger partial charge in [0, 0.05) is 19.1 Å². The van der Waals surface area contributed by atoms with E-state index in [2.05, 4.69) is 43.0 Å². The molecule has 5 nitrogen and oxygen atoms in total. The highest BCUT2D eigenvalue weighted by Gasteiger charge is 2.34. The van der Waals surface area contributed by atoms with E-state index in [1.165, 1.54) is 22.3 Å². The highest BCUT2D eigenvalue weighted by molar-refractivity contribution is 5.53. The molecule has 0 saturated carbocycles. The summed E-state index contributed by atoms with van der Waals surface area (Å²) in [4.78, 5) is 2.59. The standard InChI is InChI=1S/C27H37NO4/c1-5-7-11-31-26-16-21-18-28-10-9-19-14-24(29-3)27(32-12-8-6-2)17-22(19)23(28)13-20(21)15-25(26)30-4/h14-17,23H,5-13,18H2,1-4H3/t23-/m1/s1. The highest BCUT2D eigenvalue weighted by Crippen LogP contribution is 2.44. The van der Waals surface area contributed by atoms with Gasteiger partial charge in [0.05, 0.1) is 27.4 Å². The minimum atomic E-state index is 0.349. The van der Waals surface area contributed by atoms with Crippen molar-refractivity contribution < 1.29 is 18.9 Å². The predicted molar refractivity (Wildman–Crippen MR) is 127 cm³/mol. The van der Waals surface area contributed by atoms with E-state index in [0.717, 1.165) is 87.8 Å². The molecule has 4 rings (SSSR count). The Labute approximate surface area is 192 Å². The van der Waals surface area contributed by atoms with Crippen LogP contribution >= 0.6 is 0 Å². The van der Waals surface area contributed by atoms with Gasteiger partial charge in [0.25, 0.3) is 0 Å². The maximum Gasteiger partial charge on any atom is 0.161 e. The van der Waals surface area contributed by atoms with Crippen LogP contribution in [0.1, 0.15) is 67.8 Å². The maximum atomic E-state index is 6.10. The lowest BCUT2D eigenvalue weighted by Crippen LogP contribution is -2.39. The molecule has 0 spiro atoms. The number of fused-ring (bicyclic) bond motifs is 4. The van der Waals surface area contributed by atoms with E-state index in [1.54, 1.807) is 14.2 Å². The second-order valence-corrected chi connectivity index (χ2v) is 8.82. The Morgan fingerprint density at radius 1 is 0.781 bits per heavy atom. The number of rotatable bonds is 10. The third kappa shape index (κ3) is 4.68. The first-order valence-electron chi connectivity index (χ1n) is 12.1. The normalized spacial score (nSPS) is 17.2. The molecule has 2 aliphatic rings. The van der Waals surface area contributed by atoms with Gasteiger partial charge in [-0.05, 0) is 72.2 Å². The molecule has 2 heterocycles. The Morgan fingerprint density at radius 2 is 1.38 bits per heavy atom. The molecule has 0 saturated heterocycles. The summed E-state index contributed by atoms with van der Waals surface area (Å²) >= 11 is 0. The fourth-order valence-corrected chi connectivity index (χ4v) is 4.80. The molecule has 32 heavy (non-hydrogen) atoms. The van der Waals surface area contributed by atoms with E-state index in [0.29, 0.717) is 6.04 Å². The van der Waals surface area contributed by atoms with E-state index in [-0.39, 0.29) is 0 Å². The number of hydrogen-bond donors (Lipinski definition) is 0. The Balaban J connectivity index is 1.62. The Morgan fingerprint density at radius 3 is 2.00 bits per heavy atom. The molecule has 0 unspecified atom stereocenters. The minimum absolute atomic E-state index is 0.349. The summed E-state index contributed by atoms with van der Waals surface area (Å²) in [5.41, 5.74) is 5.45. The lowest BCUT2D eigenvalue weighted by molar-refractivity contribution is 0.159. The van der Waals surface area contributed by atoms with Crippen molar-refractivity contribution in [3.8, 4) is 23.0 Å². The van der Waals surface area contributed by atoms with Crippen LogP contribution in [0, 0.1) is 0 Å². The molecule has 2 aromatic carbocycles. The topological polar surface area (TPSA) is 40.2 Å². The molecule has 0 fully saturated rings. The zero-order chi connectivity index (χ0) is 22.5. The smallest absolute Gasteiger partial charge is 0.161 e. The number of hydrogen-bond acceptors (Lipinski definition) is 5. The van der Waals surface area contributed by atoms with Crippen LogP contribution in [0.15, 0.2) is 24.3 Å². The molecule has 0 aliphatic carbocycles. The van der Waals surface area contributed by atoms with Crippen molar-refractivity contribution in [3.63, 3.8) is 0 Å². The number of nitrogens with zero attached hydrogens (tertiary/aromatic N) is 1. The molecule has 0 N–H and O–H groups in total. The van der Waals surface area contributed by atoms with Crippen LogP contribution in [0.3, 0.4) is 0 Å². The van der Waals surface area contributed by atoms with Gasteiger partial charge in [-0.25, -0.2) is 0 Å². The van der Waals surface area contributed by atoms with Crippen LogP contribution in [0.2, 0.25) is 0 Å². The lowest BCUT2D eigenvalue weighted by atomic mass is 9.83. The second-order valence-electron chi connectivity index (χ2n) is 8.82. The van der Waals surface area contributed by atoms with Gasteiger partial charge in [0.2, 0.25) is 0 Å². The van der Waals surface area contributed by atoms with Gasteiger partial charge in [-0.1, -0.05) is 26.7 Å². The third-order valence-corrected chi connectivity index (χ3v) is 6.68. The monoisotopic (exact) mass is 439 g/mol. The van der Waals surface area contributed by atoms with Crippen LogP contribution < -0.4 is 18.9 Å². The Kier molecular flexibility index (Phi) is 7.46. The van der Waals surface area contributed by atoms with Gasteiger partial charge in [-0.15, -0.1) is 0 Å². The molecule has 1 atom stereocenters. The van der Waals surface area contributed by atoms with Crippen molar-refractivity contribution >= 4 is 0 Å². The predicted octanol–water partition coefficient (Wildman–Crippen LogP) is 5.72. The fourth-order valence-electron chi connectivity index (χ4n) is 4.80. The highest BCUT2D eigenvalue weighted by atomic mass is 16.5. The minimum Gasteiger partial charge on any atom is -0.493 e. The van der Waals surface area contributed by atoms with Crippen LogP contribution in [-0.4, -0.2) is 38.9 Å². The molecule has 0 aromatic heterocycles. The Bertz CT molecular complexity index is 926. The molecular weight excluding hydrogens is 402 g/mol. The summed E-state index contributed by atoms with van der Waals surface area (Å²) in [6, 6.07) is 9.15. The van der Waals surface area contributed by atoms with E-state index < -0.39 is 0 Å². The molecule has 0 radical (unpaired) electrons. The van der Waals surface area contributed by atoms with Crippen molar-refractivity contribution in [2.24, 2.45) is 0 Å².